The van der Waals surface area contributed by atoms with Crippen molar-refractivity contribution in [2.75, 3.05) is 13.2 Å². The van der Waals surface area contributed by atoms with Gasteiger partial charge in [0.15, 0.2) is 0 Å². The number of ether oxygens (including phenoxy) is 1. The van der Waals surface area contributed by atoms with Gasteiger partial charge in [-0.2, -0.15) is 0 Å². The maximum Gasteiger partial charge on any atom is 0.260 e. The molecule has 2 fully saturated rings. The molecule has 2 saturated heterocycles. The molecule has 0 saturated carbocycles. The molecule has 6 heteroatoms. The summed E-state index contributed by atoms with van der Waals surface area (Å²) in [7, 11) is 0. The molecule has 4 atom stereocenters. The van der Waals surface area contributed by atoms with Crippen molar-refractivity contribution in [3.05, 3.63) is 0 Å². The molecule has 0 aromatic heterocycles. The summed E-state index contributed by atoms with van der Waals surface area (Å²) in [6.45, 7) is 0.0474. The van der Waals surface area contributed by atoms with E-state index in [0.717, 1.165) is 0 Å². The van der Waals surface area contributed by atoms with Crippen molar-refractivity contribution in [2.45, 2.75) is 24.3 Å². The van der Waals surface area contributed by atoms with E-state index in [1.807, 2.05) is 0 Å². The van der Waals surface area contributed by atoms with Gasteiger partial charge >= 0.3 is 0 Å². The molecule has 2 aliphatic rings. The number of aliphatic hydroxyl groups excluding tert-OH is 3. The normalized spacial score (nSPS) is 43.6. The molecule has 0 aromatic rings. The smallest absolute Gasteiger partial charge is 0.260 e. The van der Waals surface area contributed by atoms with Crippen LogP contribution in [0.4, 0.5) is 0 Å². The van der Waals surface area contributed by atoms with Crippen LogP contribution in [0.25, 0.3) is 0 Å². The maximum absolute atomic E-state index is 9.54. The average Bonchev–Trinajstić information content (AvgIpc) is 2.58. The molecule has 74 valence electrons. The fourth-order valence-corrected chi connectivity index (χ4v) is 2.25. The summed E-state index contributed by atoms with van der Waals surface area (Å²) in [5, 5.41) is 28.3. The second-order valence-corrected chi connectivity index (χ2v) is 3.63. The molecule has 13 heavy (non-hydrogen) atoms. The Hall–Kier alpha value is -0.430. The molecular weight excluding hydrogens is 194 g/mol. The van der Waals surface area contributed by atoms with Crippen LogP contribution in [0.3, 0.4) is 0 Å². The Morgan fingerprint density at radius 3 is 2.77 bits per heavy atom. The molecule has 2 rings (SSSR count). The second kappa shape index (κ2) is 3.06. The van der Waals surface area contributed by atoms with E-state index in [2.05, 4.69) is 0 Å². The van der Waals surface area contributed by atoms with Gasteiger partial charge in [0.2, 0.25) is 0 Å². The minimum absolute atomic E-state index is 0.238. The second-order valence-electron chi connectivity index (χ2n) is 3.28. The van der Waals surface area contributed by atoms with E-state index in [0.29, 0.717) is 0 Å². The summed E-state index contributed by atoms with van der Waals surface area (Å²) in [6, 6.07) is -0.838. The van der Waals surface area contributed by atoms with Gasteiger partial charge in [-0.25, -0.2) is 0 Å². The number of hydrogen-bond acceptors (Lipinski definition) is 5. The minimum atomic E-state index is -0.947. The summed E-state index contributed by atoms with van der Waals surface area (Å²) < 4.78 is 5.05. The first-order valence-electron chi connectivity index (χ1n) is 4.09. The first-order valence-corrected chi connectivity index (χ1v) is 4.49. The van der Waals surface area contributed by atoms with Gasteiger partial charge < -0.3 is 25.0 Å². The van der Waals surface area contributed by atoms with Crippen LogP contribution < -0.4 is 0 Å². The third kappa shape index (κ3) is 1.13. The van der Waals surface area contributed by atoms with Crippen molar-refractivity contribution in [1.82, 2.24) is 4.90 Å². The summed E-state index contributed by atoms with van der Waals surface area (Å²) in [6.07, 6.45) is -1.84. The Morgan fingerprint density at radius 1 is 1.46 bits per heavy atom. The molecule has 0 bridgehead atoms. The van der Waals surface area contributed by atoms with Crippen LogP contribution in [0.5, 0.6) is 0 Å². The molecule has 5 nitrogen and oxygen atoms in total. The lowest BCUT2D eigenvalue weighted by Gasteiger charge is -2.21. The molecule has 2 heterocycles. The van der Waals surface area contributed by atoms with Gasteiger partial charge in [0.25, 0.3) is 5.17 Å². The zero-order chi connectivity index (χ0) is 9.59. The fraction of sp³-hybridized carbons (Fsp3) is 0.857. The van der Waals surface area contributed by atoms with E-state index in [-0.39, 0.29) is 24.4 Å². The van der Waals surface area contributed by atoms with Gasteiger partial charge in [-0.15, -0.1) is 0 Å². The van der Waals surface area contributed by atoms with Crippen molar-refractivity contribution in [3.63, 3.8) is 0 Å². The minimum Gasteiger partial charge on any atom is -0.469 e. The number of thiocarbonyl (C=S) groups is 1. The monoisotopic (exact) mass is 205 g/mol. The van der Waals surface area contributed by atoms with Crippen LogP contribution in [0.2, 0.25) is 0 Å². The molecular formula is C7H11NO4S. The molecule has 2 aliphatic heterocycles. The third-order valence-electron chi connectivity index (χ3n) is 2.63. The largest absolute Gasteiger partial charge is 0.469 e. The number of aliphatic hydroxyl groups is 3. The SMILES string of the molecule is OC[C@@H]1[C@@H](O)[C@H](O)[C@H]2COC(=S)N12. The van der Waals surface area contributed by atoms with Crippen LogP contribution in [-0.4, -0.2) is 62.9 Å². The maximum atomic E-state index is 9.54. The third-order valence-corrected chi connectivity index (χ3v) is 2.96. The van der Waals surface area contributed by atoms with E-state index in [4.69, 9.17) is 22.1 Å². The lowest BCUT2D eigenvalue weighted by Crippen LogP contribution is -2.41. The van der Waals surface area contributed by atoms with Gasteiger partial charge in [0, 0.05) is 0 Å². The highest BCUT2D eigenvalue weighted by Crippen LogP contribution is 2.30. The zero-order valence-corrected chi connectivity index (χ0v) is 7.65. The first kappa shape index (κ1) is 9.14. The lowest BCUT2D eigenvalue weighted by atomic mass is 10.1. The predicted octanol–water partition coefficient (Wildman–Crippen LogP) is -1.93. The Labute approximate surface area is 80.5 Å². The van der Waals surface area contributed by atoms with E-state index in [1.54, 1.807) is 4.90 Å². The molecule has 0 aromatic carbocycles. The van der Waals surface area contributed by atoms with Crippen LogP contribution in [-0.2, 0) is 4.74 Å². The van der Waals surface area contributed by atoms with Gasteiger partial charge in [-0.3, -0.25) is 0 Å². The van der Waals surface area contributed by atoms with Crippen molar-refractivity contribution in [3.8, 4) is 0 Å². The molecule has 0 spiro atoms. The van der Waals surface area contributed by atoms with Crippen molar-refractivity contribution < 1.29 is 20.1 Å². The number of nitrogens with zero attached hydrogens (tertiary/aromatic N) is 1. The van der Waals surface area contributed by atoms with Crippen LogP contribution in [0.15, 0.2) is 0 Å². The van der Waals surface area contributed by atoms with Crippen molar-refractivity contribution >= 4 is 17.4 Å². The Morgan fingerprint density at radius 2 is 2.15 bits per heavy atom. The number of fused-ring (bicyclic) bond motifs is 1. The predicted molar refractivity (Wildman–Crippen MR) is 47.1 cm³/mol. The number of hydrogen-bond donors (Lipinski definition) is 3. The zero-order valence-electron chi connectivity index (χ0n) is 6.83. The Kier molecular flexibility index (Phi) is 2.15. The van der Waals surface area contributed by atoms with Crippen LogP contribution >= 0.6 is 12.2 Å². The lowest BCUT2D eigenvalue weighted by molar-refractivity contribution is 0.0122. The molecule has 0 amide bonds. The fourth-order valence-electron chi connectivity index (χ4n) is 1.91. The van der Waals surface area contributed by atoms with Gasteiger partial charge in [-0.1, -0.05) is 0 Å². The van der Waals surface area contributed by atoms with Gasteiger partial charge in [0.05, 0.1) is 18.7 Å². The van der Waals surface area contributed by atoms with Gasteiger partial charge in [0.1, 0.15) is 18.8 Å². The van der Waals surface area contributed by atoms with Crippen molar-refractivity contribution in [2.24, 2.45) is 0 Å². The van der Waals surface area contributed by atoms with Crippen LogP contribution in [0.1, 0.15) is 0 Å². The quantitative estimate of drug-likeness (QED) is 0.433. The summed E-state index contributed by atoms with van der Waals surface area (Å²) >= 11 is 4.88. The average molecular weight is 205 g/mol. The first-order chi connectivity index (χ1) is 6.16. The van der Waals surface area contributed by atoms with Gasteiger partial charge in [-0.05, 0) is 12.2 Å². The molecule has 0 radical (unpaired) electrons. The summed E-state index contributed by atoms with van der Waals surface area (Å²) in [5.41, 5.74) is 0. The topological polar surface area (TPSA) is 73.2 Å². The summed E-state index contributed by atoms with van der Waals surface area (Å²) in [5.74, 6) is 0. The van der Waals surface area contributed by atoms with E-state index < -0.39 is 18.2 Å². The van der Waals surface area contributed by atoms with Crippen molar-refractivity contribution in [1.29, 1.82) is 0 Å². The highest BCUT2D eigenvalue weighted by Gasteiger charge is 2.52. The molecule has 0 unspecified atom stereocenters. The standard InChI is InChI=1S/C7H11NO4S/c9-1-3-5(10)6(11)4-2-12-7(13)8(3)4/h3-6,9-11H,1-2H2/t3-,4-,5-,6-/m1/s1. The van der Waals surface area contributed by atoms with E-state index in [1.165, 1.54) is 0 Å². The van der Waals surface area contributed by atoms with Crippen LogP contribution in [0, 0.1) is 0 Å². The molecule has 0 aliphatic carbocycles. The summed E-state index contributed by atoms with van der Waals surface area (Å²) in [4.78, 5) is 1.57. The molecule has 3 N–H and O–H groups in total. The number of rotatable bonds is 1. The Balaban J connectivity index is 2.25. The van der Waals surface area contributed by atoms with E-state index in [9.17, 15) is 10.2 Å². The highest BCUT2D eigenvalue weighted by atomic mass is 32.1. The highest BCUT2D eigenvalue weighted by molar-refractivity contribution is 7.80. The Bertz CT molecular complexity index is 235. The van der Waals surface area contributed by atoms with E-state index >= 15 is 0 Å².